The van der Waals surface area contributed by atoms with Gasteiger partial charge >= 0.3 is 0 Å². The van der Waals surface area contributed by atoms with E-state index >= 15 is 0 Å². The summed E-state index contributed by atoms with van der Waals surface area (Å²) >= 11 is 0. The first-order valence-electron chi connectivity index (χ1n) is 8.39. The van der Waals surface area contributed by atoms with Gasteiger partial charge in [-0.05, 0) is 37.0 Å². The van der Waals surface area contributed by atoms with Gasteiger partial charge in [-0.15, -0.1) is 0 Å². The highest BCUT2D eigenvalue weighted by molar-refractivity contribution is 4.91. The van der Waals surface area contributed by atoms with Gasteiger partial charge in [0.15, 0.2) is 0 Å². The third-order valence-corrected chi connectivity index (χ3v) is 5.51. The molecule has 2 aliphatic rings. The van der Waals surface area contributed by atoms with Crippen molar-refractivity contribution in [2.24, 2.45) is 16.7 Å². The summed E-state index contributed by atoms with van der Waals surface area (Å²) in [7, 11) is 0. The summed E-state index contributed by atoms with van der Waals surface area (Å²) in [5, 5.41) is 13.6. The van der Waals surface area contributed by atoms with E-state index in [-0.39, 0.29) is 12.0 Å². The molecule has 0 bridgehead atoms. The van der Waals surface area contributed by atoms with E-state index in [0.717, 1.165) is 38.5 Å². The van der Waals surface area contributed by atoms with Gasteiger partial charge < -0.3 is 15.2 Å². The van der Waals surface area contributed by atoms with Gasteiger partial charge in [0.2, 0.25) is 0 Å². The van der Waals surface area contributed by atoms with Gasteiger partial charge in [-0.25, -0.2) is 0 Å². The van der Waals surface area contributed by atoms with E-state index in [1.165, 1.54) is 25.7 Å². The number of ether oxygens (including phenoxy) is 1. The monoisotopic (exact) mass is 283 g/mol. The van der Waals surface area contributed by atoms with Crippen LogP contribution < -0.4 is 5.32 Å². The van der Waals surface area contributed by atoms with Crippen LogP contribution >= 0.6 is 0 Å². The van der Waals surface area contributed by atoms with Crippen LogP contribution in [-0.4, -0.2) is 37.5 Å². The lowest BCUT2D eigenvalue weighted by Gasteiger charge is -2.43. The standard InChI is InChI=1S/C17H33NO2/c1-16(2,3)14-6-4-5-7-15(14)18-12-17(13-19)8-10-20-11-9-17/h14-15,18-19H,4-13H2,1-3H3. The summed E-state index contributed by atoms with van der Waals surface area (Å²) in [4.78, 5) is 0. The molecular formula is C17H33NO2. The predicted octanol–water partition coefficient (Wildman–Crippen LogP) is 2.97. The molecule has 0 amide bonds. The molecule has 2 rings (SSSR count). The van der Waals surface area contributed by atoms with Gasteiger partial charge in [-0.3, -0.25) is 0 Å². The van der Waals surface area contributed by atoms with E-state index in [2.05, 4.69) is 26.1 Å². The highest BCUT2D eigenvalue weighted by Crippen LogP contribution is 2.38. The van der Waals surface area contributed by atoms with Crippen molar-refractivity contribution in [1.82, 2.24) is 5.32 Å². The van der Waals surface area contributed by atoms with Crippen LogP contribution in [0.25, 0.3) is 0 Å². The molecule has 2 atom stereocenters. The van der Waals surface area contributed by atoms with E-state index in [9.17, 15) is 5.11 Å². The molecule has 118 valence electrons. The minimum atomic E-state index is 0.0537. The smallest absolute Gasteiger partial charge is 0.0501 e. The lowest BCUT2D eigenvalue weighted by molar-refractivity contribution is -0.0198. The lowest BCUT2D eigenvalue weighted by Crippen LogP contribution is -2.50. The van der Waals surface area contributed by atoms with Crippen LogP contribution in [0.3, 0.4) is 0 Å². The summed E-state index contributed by atoms with van der Waals surface area (Å²) in [5.41, 5.74) is 0.429. The van der Waals surface area contributed by atoms with E-state index in [0.29, 0.717) is 11.5 Å². The molecule has 2 N–H and O–H groups in total. The Bertz CT molecular complexity index is 292. The van der Waals surface area contributed by atoms with Crippen molar-refractivity contribution >= 4 is 0 Å². The minimum Gasteiger partial charge on any atom is -0.396 e. The largest absolute Gasteiger partial charge is 0.396 e. The Morgan fingerprint density at radius 1 is 1.15 bits per heavy atom. The minimum absolute atomic E-state index is 0.0537. The van der Waals surface area contributed by atoms with Crippen LogP contribution in [0.1, 0.15) is 59.3 Å². The predicted molar refractivity (Wildman–Crippen MR) is 82.8 cm³/mol. The fraction of sp³-hybridized carbons (Fsp3) is 1.00. The number of nitrogens with one attached hydrogen (secondary N) is 1. The molecule has 0 aromatic rings. The zero-order valence-corrected chi connectivity index (χ0v) is 13.6. The molecule has 0 aromatic heterocycles. The molecule has 0 aromatic carbocycles. The maximum absolute atomic E-state index is 9.80. The van der Waals surface area contributed by atoms with E-state index in [4.69, 9.17) is 4.74 Å². The van der Waals surface area contributed by atoms with Crippen molar-refractivity contribution < 1.29 is 9.84 Å². The van der Waals surface area contributed by atoms with Gasteiger partial charge in [-0.2, -0.15) is 0 Å². The first kappa shape index (κ1) is 16.3. The molecule has 3 heteroatoms. The third-order valence-electron chi connectivity index (χ3n) is 5.51. The topological polar surface area (TPSA) is 41.5 Å². The number of aliphatic hydroxyl groups excluding tert-OH is 1. The van der Waals surface area contributed by atoms with Crippen molar-refractivity contribution in [1.29, 1.82) is 0 Å². The Morgan fingerprint density at radius 3 is 2.40 bits per heavy atom. The number of hydrogen-bond donors (Lipinski definition) is 2. The second kappa shape index (κ2) is 6.76. The summed E-state index contributed by atoms with van der Waals surface area (Å²) in [6.45, 7) is 9.95. The molecule has 0 spiro atoms. The van der Waals surface area contributed by atoms with Gasteiger partial charge in [0.1, 0.15) is 0 Å². The Labute approximate surface area is 124 Å². The maximum atomic E-state index is 9.80. The third kappa shape index (κ3) is 3.96. The highest BCUT2D eigenvalue weighted by Gasteiger charge is 2.37. The summed E-state index contributed by atoms with van der Waals surface area (Å²) < 4.78 is 5.45. The van der Waals surface area contributed by atoms with Crippen LogP contribution in [0.2, 0.25) is 0 Å². The molecule has 0 radical (unpaired) electrons. The second-order valence-corrected chi connectivity index (χ2v) is 8.01. The summed E-state index contributed by atoms with van der Waals surface area (Å²) in [6.07, 6.45) is 7.34. The van der Waals surface area contributed by atoms with Crippen LogP contribution in [0.5, 0.6) is 0 Å². The van der Waals surface area contributed by atoms with Gasteiger partial charge in [0.25, 0.3) is 0 Å². The first-order chi connectivity index (χ1) is 9.47. The van der Waals surface area contributed by atoms with Crippen LogP contribution in [0.4, 0.5) is 0 Å². The quantitative estimate of drug-likeness (QED) is 0.833. The van der Waals surface area contributed by atoms with Crippen molar-refractivity contribution in [2.75, 3.05) is 26.4 Å². The number of rotatable bonds is 4. The number of hydrogen-bond acceptors (Lipinski definition) is 3. The fourth-order valence-electron chi connectivity index (χ4n) is 3.95. The van der Waals surface area contributed by atoms with Gasteiger partial charge in [0, 0.05) is 31.2 Å². The van der Waals surface area contributed by atoms with Gasteiger partial charge in [-0.1, -0.05) is 33.6 Å². The van der Waals surface area contributed by atoms with Crippen molar-refractivity contribution in [3.8, 4) is 0 Å². The molecule has 2 unspecified atom stereocenters. The van der Waals surface area contributed by atoms with Crippen molar-refractivity contribution in [3.05, 3.63) is 0 Å². The molecule has 1 heterocycles. The Morgan fingerprint density at radius 2 is 1.80 bits per heavy atom. The second-order valence-electron chi connectivity index (χ2n) is 8.01. The maximum Gasteiger partial charge on any atom is 0.0501 e. The molecule has 2 fully saturated rings. The first-order valence-corrected chi connectivity index (χ1v) is 8.39. The molecule has 1 saturated heterocycles. The summed E-state index contributed by atoms with van der Waals surface area (Å²) in [5.74, 6) is 0.756. The van der Waals surface area contributed by atoms with E-state index < -0.39 is 0 Å². The molecular weight excluding hydrogens is 250 g/mol. The fourth-order valence-corrected chi connectivity index (χ4v) is 3.95. The van der Waals surface area contributed by atoms with E-state index in [1.54, 1.807) is 0 Å². The average Bonchev–Trinajstić information content (AvgIpc) is 2.45. The normalized spacial score (nSPS) is 31.2. The zero-order valence-electron chi connectivity index (χ0n) is 13.6. The SMILES string of the molecule is CC(C)(C)C1CCCCC1NCC1(CO)CCOCC1. The van der Waals surface area contributed by atoms with Crippen LogP contribution in [0.15, 0.2) is 0 Å². The van der Waals surface area contributed by atoms with Gasteiger partial charge in [0.05, 0.1) is 6.61 Å². The molecule has 1 aliphatic heterocycles. The van der Waals surface area contributed by atoms with Crippen LogP contribution in [0, 0.1) is 16.7 Å². The molecule has 3 nitrogen and oxygen atoms in total. The highest BCUT2D eigenvalue weighted by atomic mass is 16.5. The number of aliphatic hydroxyl groups is 1. The van der Waals surface area contributed by atoms with Crippen LogP contribution in [-0.2, 0) is 4.74 Å². The Hall–Kier alpha value is -0.120. The Balaban J connectivity index is 1.93. The van der Waals surface area contributed by atoms with Crippen molar-refractivity contribution in [2.45, 2.75) is 65.3 Å². The molecule has 1 saturated carbocycles. The zero-order chi connectivity index (χ0) is 14.6. The molecule has 1 aliphatic carbocycles. The van der Waals surface area contributed by atoms with E-state index in [1.807, 2.05) is 0 Å². The summed E-state index contributed by atoms with van der Waals surface area (Å²) in [6, 6.07) is 0.620. The molecule has 20 heavy (non-hydrogen) atoms. The average molecular weight is 283 g/mol. The Kier molecular flexibility index (Phi) is 5.49. The van der Waals surface area contributed by atoms with Crippen molar-refractivity contribution in [3.63, 3.8) is 0 Å². The lowest BCUT2D eigenvalue weighted by atomic mass is 9.69.